The second kappa shape index (κ2) is 12.5. The predicted octanol–water partition coefficient (Wildman–Crippen LogP) is 3.71. The van der Waals surface area contributed by atoms with Gasteiger partial charge in [0.2, 0.25) is 5.91 Å². The summed E-state index contributed by atoms with van der Waals surface area (Å²) < 4.78 is 10.4. The lowest BCUT2D eigenvalue weighted by atomic mass is 10.1. The molecule has 1 unspecified atom stereocenters. The molecule has 0 saturated carbocycles. The summed E-state index contributed by atoms with van der Waals surface area (Å²) in [5.41, 5.74) is 1.74. The maximum Gasteiger partial charge on any atom is 0.291 e. The maximum absolute atomic E-state index is 12.9. The maximum atomic E-state index is 12.9. The molecule has 0 spiro atoms. The molecule has 1 aromatic heterocycles. The van der Waals surface area contributed by atoms with Crippen LogP contribution in [0.5, 0.6) is 5.75 Å². The molecule has 2 aromatic carbocycles. The number of furan rings is 1. The smallest absolute Gasteiger partial charge is 0.291 e. The zero-order valence-corrected chi connectivity index (χ0v) is 19.8. The lowest BCUT2D eigenvalue weighted by Crippen LogP contribution is -2.47. The lowest BCUT2D eigenvalue weighted by Gasteiger charge is -2.19. The molecule has 9 heteroatoms. The summed E-state index contributed by atoms with van der Waals surface area (Å²) >= 11 is 1.59. The van der Waals surface area contributed by atoms with Gasteiger partial charge in [-0.15, -0.1) is 0 Å². The van der Waals surface area contributed by atoms with Crippen molar-refractivity contribution in [1.29, 1.82) is 0 Å². The highest BCUT2D eigenvalue weighted by atomic mass is 32.2. The summed E-state index contributed by atoms with van der Waals surface area (Å²) in [7, 11) is 1.50. The summed E-state index contributed by atoms with van der Waals surface area (Å²) in [4.78, 5) is 37.9. The van der Waals surface area contributed by atoms with Gasteiger partial charge in [-0.25, -0.2) is 0 Å². The number of nitrogens with one attached hydrogen (secondary N) is 3. The van der Waals surface area contributed by atoms with Crippen molar-refractivity contribution >= 4 is 35.2 Å². The van der Waals surface area contributed by atoms with E-state index in [0.29, 0.717) is 29.2 Å². The molecular weight excluding hydrogens is 454 g/mol. The number of rotatable bonds is 11. The van der Waals surface area contributed by atoms with Crippen LogP contribution in [0.15, 0.2) is 71.3 Å². The number of carbonyl (C=O) groups is 3. The van der Waals surface area contributed by atoms with Crippen molar-refractivity contribution < 1.29 is 23.5 Å². The van der Waals surface area contributed by atoms with Gasteiger partial charge in [-0.2, -0.15) is 11.8 Å². The Morgan fingerprint density at radius 1 is 1.03 bits per heavy atom. The van der Waals surface area contributed by atoms with Crippen LogP contribution in [-0.2, 0) is 11.3 Å². The largest absolute Gasteiger partial charge is 0.496 e. The summed E-state index contributed by atoms with van der Waals surface area (Å²) in [6.07, 6.45) is 3.85. The van der Waals surface area contributed by atoms with E-state index in [4.69, 9.17) is 9.15 Å². The number of amides is 3. The van der Waals surface area contributed by atoms with E-state index in [1.54, 1.807) is 66.4 Å². The fourth-order valence-corrected chi connectivity index (χ4v) is 3.72. The number of methoxy groups -OCH3 is 1. The van der Waals surface area contributed by atoms with E-state index in [0.717, 1.165) is 5.56 Å². The molecule has 8 nitrogen and oxygen atoms in total. The number of ether oxygens (including phenoxy) is 1. The molecule has 1 heterocycles. The highest BCUT2D eigenvalue weighted by Crippen LogP contribution is 2.18. The minimum atomic E-state index is -0.702. The van der Waals surface area contributed by atoms with E-state index in [1.165, 1.54) is 13.4 Å². The molecule has 1 atom stereocenters. The van der Waals surface area contributed by atoms with Gasteiger partial charge in [-0.1, -0.05) is 24.3 Å². The van der Waals surface area contributed by atoms with Gasteiger partial charge in [0.15, 0.2) is 5.76 Å². The van der Waals surface area contributed by atoms with Gasteiger partial charge in [0.05, 0.1) is 18.9 Å². The van der Waals surface area contributed by atoms with Crippen LogP contribution < -0.4 is 20.7 Å². The zero-order chi connectivity index (χ0) is 24.3. The first-order valence-corrected chi connectivity index (χ1v) is 12.1. The average molecular weight is 482 g/mol. The molecular formula is C25H27N3O5S. The van der Waals surface area contributed by atoms with E-state index in [9.17, 15) is 14.4 Å². The van der Waals surface area contributed by atoms with Crippen LogP contribution in [0.4, 0.5) is 5.69 Å². The van der Waals surface area contributed by atoms with Crippen molar-refractivity contribution in [3.8, 4) is 5.75 Å². The molecule has 3 amide bonds. The molecule has 3 N–H and O–H groups in total. The van der Waals surface area contributed by atoms with Crippen molar-refractivity contribution in [2.24, 2.45) is 0 Å². The summed E-state index contributed by atoms with van der Waals surface area (Å²) in [5.74, 6) is 0.336. The number of anilines is 1. The van der Waals surface area contributed by atoms with Gasteiger partial charge in [-0.05, 0) is 60.4 Å². The quantitative estimate of drug-likeness (QED) is 0.385. The molecule has 0 aliphatic heterocycles. The van der Waals surface area contributed by atoms with Gasteiger partial charge < -0.3 is 25.1 Å². The minimum absolute atomic E-state index is 0.209. The third-order valence-electron chi connectivity index (χ3n) is 4.98. The van der Waals surface area contributed by atoms with Crippen LogP contribution in [0.3, 0.4) is 0 Å². The Morgan fingerprint density at radius 3 is 2.59 bits per heavy atom. The Hall–Kier alpha value is -3.72. The van der Waals surface area contributed by atoms with Crippen LogP contribution in [0.2, 0.25) is 0 Å². The molecule has 3 aromatic rings. The summed E-state index contributed by atoms with van der Waals surface area (Å²) in [5, 5.41) is 8.46. The van der Waals surface area contributed by atoms with Crippen LogP contribution in [-0.4, -0.2) is 42.9 Å². The zero-order valence-electron chi connectivity index (χ0n) is 19.0. The van der Waals surface area contributed by atoms with E-state index >= 15 is 0 Å². The second-order valence-electron chi connectivity index (χ2n) is 7.36. The standard InChI is InChI=1S/C25H27N3O5S/c1-32-21-10-4-3-9-19(21)23(29)28-20(12-14-34-2)24(30)26-16-17-7-5-8-18(15-17)27-25(31)22-11-6-13-33-22/h3-11,13,15,20H,12,14,16H2,1-2H3,(H,26,30)(H,27,31)(H,28,29). The van der Waals surface area contributed by atoms with Crippen molar-refractivity contribution in [2.45, 2.75) is 19.0 Å². The molecule has 0 aliphatic rings. The first kappa shape index (κ1) is 24.9. The van der Waals surface area contributed by atoms with Crippen molar-refractivity contribution in [2.75, 3.05) is 24.4 Å². The van der Waals surface area contributed by atoms with Gasteiger partial charge in [-0.3, -0.25) is 14.4 Å². The number of thioether (sulfide) groups is 1. The van der Waals surface area contributed by atoms with Gasteiger partial charge in [0.1, 0.15) is 11.8 Å². The Bertz CT molecular complexity index is 1120. The fraction of sp³-hybridized carbons (Fsp3) is 0.240. The number of hydrogen-bond acceptors (Lipinski definition) is 6. The third kappa shape index (κ3) is 6.89. The summed E-state index contributed by atoms with van der Waals surface area (Å²) in [6, 6.07) is 16.5. The Kier molecular flexibility index (Phi) is 9.16. The topological polar surface area (TPSA) is 110 Å². The molecule has 0 saturated heterocycles. The van der Waals surface area contributed by atoms with Crippen LogP contribution >= 0.6 is 11.8 Å². The molecule has 0 radical (unpaired) electrons. The second-order valence-corrected chi connectivity index (χ2v) is 8.34. The number of carbonyl (C=O) groups excluding carboxylic acids is 3. The van der Waals surface area contributed by atoms with Gasteiger partial charge in [0, 0.05) is 12.2 Å². The molecule has 3 rings (SSSR count). The van der Waals surface area contributed by atoms with Crippen molar-refractivity contribution in [1.82, 2.24) is 10.6 Å². The van der Waals surface area contributed by atoms with Gasteiger partial charge >= 0.3 is 0 Å². The Balaban J connectivity index is 1.62. The Labute approximate surface area is 202 Å². The molecule has 0 bridgehead atoms. The van der Waals surface area contributed by atoms with Gasteiger partial charge in [0.25, 0.3) is 11.8 Å². The summed E-state index contributed by atoms with van der Waals surface area (Å²) in [6.45, 7) is 0.240. The first-order valence-electron chi connectivity index (χ1n) is 10.7. The molecule has 178 valence electrons. The highest BCUT2D eigenvalue weighted by molar-refractivity contribution is 7.98. The average Bonchev–Trinajstić information content (AvgIpc) is 3.40. The normalized spacial score (nSPS) is 11.4. The molecule has 0 aliphatic carbocycles. The number of benzene rings is 2. The van der Waals surface area contributed by atoms with E-state index < -0.39 is 6.04 Å². The Morgan fingerprint density at radius 2 is 1.85 bits per heavy atom. The number of para-hydroxylation sites is 1. The van der Waals surface area contributed by atoms with E-state index in [1.807, 2.05) is 12.3 Å². The fourth-order valence-electron chi connectivity index (χ4n) is 3.24. The SMILES string of the molecule is COc1ccccc1C(=O)NC(CCSC)C(=O)NCc1cccc(NC(=O)c2ccco2)c1. The highest BCUT2D eigenvalue weighted by Gasteiger charge is 2.22. The van der Waals surface area contributed by atoms with Crippen molar-refractivity contribution in [3.05, 3.63) is 83.8 Å². The third-order valence-corrected chi connectivity index (χ3v) is 5.62. The predicted molar refractivity (Wildman–Crippen MR) is 132 cm³/mol. The lowest BCUT2D eigenvalue weighted by molar-refractivity contribution is -0.123. The molecule has 34 heavy (non-hydrogen) atoms. The van der Waals surface area contributed by atoms with E-state index in [-0.39, 0.29) is 30.0 Å². The monoisotopic (exact) mass is 481 g/mol. The van der Waals surface area contributed by atoms with Crippen molar-refractivity contribution in [3.63, 3.8) is 0 Å². The first-order chi connectivity index (χ1) is 16.5. The number of hydrogen-bond donors (Lipinski definition) is 3. The van der Waals surface area contributed by atoms with Crippen LogP contribution in [0.1, 0.15) is 32.9 Å². The minimum Gasteiger partial charge on any atom is -0.496 e. The van der Waals surface area contributed by atoms with E-state index in [2.05, 4.69) is 16.0 Å². The van der Waals surface area contributed by atoms with Crippen LogP contribution in [0, 0.1) is 0 Å². The molecule has 0 fully saturated rings. The van der Waals surface area contributed by atoms with Crippen LogP contribution in [0.25, 0.3) is 0 Å².